The van der Waals surface area contributed by atoms with Gasteiger partial charge in [0.25, 0.3) is 0 Å². The van der Waals surface area contributed by atoms with Crippen molar-refractivity contribution in [3.05, 3.63) is 77.9 Å². The second-order valence-corrected chi connectivity index (χ2v) is 12.2. The van der Waals surface area contributed by atoms with Crippen LogP contribution >= 0.6 is 18.9 Å². The van der Waals surface area contributed by atoms with Crippen molar-refractivity contribution in [2.24, 2.45) is 0 Å². The van der Waals surface area contributed by atoms with Crippen LogP contribution in [0.4, 0.5) is 0 Å². The molecule has 0 aliphatic carbocycles. The number of hydrogen-bond donors (Lipinski definition) is 3. The fourth-order valence-corrected chi connectivity index (χ4v) is 6.71. The number of nitrogens with zero attached hydrogens (tertiary/aromatic N) is 1. The number of rotatable bonds is 9. The maximum Gasteiger partial charge on any atom is 0.356 e. The highest BCUT2D eigenvalue weighted by atomic mass is 32.1. The molecule has 0 radical (unpaired) electrons. The summed E-state index contributed by atoms with van der Waals surface area (Å²) in [6.45, 7) is 3.99. The van der Waals surface area contributed by atoms with Gasteiger partial charge in [-0.1, -0.05) is 12.5 Å². The SMILES string of the molecule is O=C(c1ccc(OCCCN2CCCCC2)cc1)c1c(-c2ccc(O)cc2)sc2cc(P(=O)(O)O)ccc12. The van der Waals surface area contributed by atoms with Gasteiger partial charge < -0.3 is 24.5 Å². The normalized spacial score (nSPS) is 14.6. The van der Waals surface area contributed by atoms with Gasteiger partial charge in [0.15, 0.2) is 5.78 Å². The number of hydrogen-bond acceptors (Lipinski definition) is 6. The highest BCUT2D eigenvalue weighted by molar-refractivity contribution is 7.60. The molecule has 0 amide bonds. The second kappa shape index (κ2) is 11.4. The van der Waals surface area contributed by atoms with Crippen LogP contribution in [0.2, 0.25) is 0 Å². The van der Waals surface area contributed by atoms with Crippen molar-refractivity contribution >= 4 is 40.1 Å². The third kappa shape index (κ3) is 6.01. The summed E-state index contributed by atoms with van der Waals surface area (Å²) in [5.74, 6) is 0.623. The summed E-state index contributed by atoms with van der Waals surface area (Å²) in [5.41, 5.74) is 1.69. The first-order chi connectivity index (χ1) is 18.3. The van der Waals surface area contributed by atoms with Crippen LogP contribution in [-0.2, 0) is 4.57 Å². The molecule has 1 aromatic heterocycles. The van der Waals surface area contributed by atoms with Crippen LogP contribution in [0.15, 0.2) is 66.7 Å². The van der Waals surface area contributed by atoms with Gasteiger partial charge in [-0.15, -0.1) is 11.3 Å². The zero-order valence-electron chi connectivity index (χ0n) is 20.9. The maximum absolute atomic E-state index is 13.8. The molecule has 1 fully saturated rings. The van der Waals surface area contributed by atoms with E-state index in [1.807, 2.05) is 0 Å². The van der Waals surface area contributed by atoms with Crippen molar-refractivity contribution in [2.45, 2.75) is 25.7 Å². The number of thiophene rings is 1. The lowest BCUT2D eigenvalue weighted by Gasteiger charge is -2.26. The molecule has 3 aromatic carbocycles. The number of phenols is 1. The van der Waals surface area contributed by atoms with Gasteiger partial charge in [0.1, 0.15) is 11.5 Å². The molecule has 1 saturated heterocycles. The molecule has 0 saturated carbocycles. The van der Waals surface area contributed by atoms with E-state index in [4.69, 9.17) is 4.74 Å². The first-order valence-corrected chi connectivity index (χ1v) is 15.1. The summed E-state index contributed by atoms with van der Waals surface area (Å²) in [5, 5.41) is 10.3. The average molecular weight is 552 g/mol. The van der Waals surface area contributed by atoms with Crippen LogP contribution in [0.3, 0.4) is 0 Å². The summed E-state index contributed by atoms with van der Waals surface area (Å²) in [4.78, 5) is 36.2. The molecule has 4 aromatic rings. The molecule has 2 heterocycles. The van der Waals surface area contributed by atoms with Crippen LogP contribution in [0.25, 0.3) is 20.5 Å². The predicted molar refractivity (Wildman–Crippen MR) is 151 cm³/mol. The van der Waals surface area contributed by atoms with Crippen LogP contribution in [0, 0.1) is 0 Å². The predicted octanol–water partition coefficient (Wildman–Crippen LogP) is 5.56. The van der Waals surface area contributed by atoms with Gasteiger partial charge in [0.05, 0.1) is 11.9 Å². The minimum absolute atomic E-state index is 0.0932. The van der Waals surface area contributed by atoms with Crippen LogP contribution in [0.1, 0.15) is 41.6 Å². The number of ketones is 1. The lowest BCUT2D eigenvalue weighted by Crippen LogP contribution is -2.31. The smallest absolute Gasteiger partial charge is 0.356 e. The lowest BCUT2D eigenvalue weighted by atomic mass is 9.97. The Hall–Kier alpha value is -3.00. The van der Waals surface area contributed by atoms with E-state index in [0.29, 0.717) is 38.4 Å². The number of piperidine rings is 1. The topological polar surface area (TPSA) is 107 Å². The van der Waals surface area contributed by atoms with Crippen molar-refractivity contribution in [1.29, 1.82) is 0 Å². The summed E-state index contributed by atoms with van der Waals surface area (Å²) < 4.78 is 18.3. The molecular weight excluding hydrogens is 521 g/mol. The van der Waals surface area contributed by atoms with Crippen molar-refractivity contribution in [1.82, 2.24) is 4.90 Å². The standard InChI is InChI=1S/C29H30NO6PS/c31-22-9-5-21(6-10-22)29-27(25-14-13-24(37(33,34)35)19-26(25)38-29)28(32)20-7-11-23(12-8-20)36-18-4-17-30-15-2-1-3-16-30/h5-14,19,31H,1-4,15-18H2,(H2,33,34,35). The van der Waals surface area contributed by atoms with Gasteiger partial charge in [0.2, 0.25) is 0 Å². The van der Waals surface area contributed by atoms with Crippen molar-refractivity contribution in [3.8, 4) is 21.9 Å². The zero-order chi connectivity index (χ0) is 26.7. The average Bonchev–Trinajstić information content (AvgIpc) is 3.30. The molecule has 0 unspecified atom stereocenters. The molecule has 38 heavy (non-hydrogen) atoms. The van der Waals surface area contributed by atoms with Gasteiger partial charge >= 0.3 is 7.60 Å². The van der Waals surface area contributed by atoms with E-state index < -0.39 is 7.60 Å². The number of likely N-dealkylation sites (tertiary alicyclic amines) is 1. The van der Waals surface area contributed by atoms with Gasteiger partial charge in [-0.2, -0.15) is 0 Å². The number of phenolic OH excluding ortho intramolecular Hbond substituents is 1. The Morgan fingerprint density at radius 1 is 0.947 bits per heavy atom. The van der Waals surface area contributed by atoms with E-state index >= 15 is 0 Å². The first-order valence-electron chi connectivity index (χ1n) is 12.7. The molecule has 1 aliphatic heterocycles. The Bertz CT molecular complexity index is 1470. The number of ether oxygens (including phenoxy) is 1. The van der Waals surface area contributed by atoms with Gasteiger partial charge in [-0.3, -0.25) is 9.36 Å². The van der Waals surface area contributed by atoms with Gasteiger partial charge in [0, 0.05) is 32.6 Å². The van der Waals surface area contributed by atoms with E-state index in [0.717, 1.165) is 18.5 Å². The monoisotopic (exact) mass is 551 g/mol. The highest BCUT2D eigenvalue weighted by Crippen LogP contribution is 2.42. The molecule has 0 bridgehead atoms. The van der Waals surface area contributed by atoms with E-state index in [9.17, 15) is 24.3 Å². The number of carbonyl (C=O) groups excluding carboxylic acids is 1. The molecule has 3 N–H and O–H groups in total. The number of benzene rings is 3. The van der Waals surface area contributed by atoms with Gasteiger partial charge in [-0.05, 0) is 98.6 Å². The third-order valence-electron chi connectivity index (χ3n) is 6.82. The Balaban J connectivity index is 1.38. The van der Waals surface area contributed by atoms with Crippen molar-refractivity contribution in [3.63, 3.8) is 0 Å². The summed E-state index contributed by atoms with van der Waals surface area (Å²) in [6, 6.07) is 18.0. The number of fused-ring (bicyclic) bond motifs is 1. The largest absolute Gasteiger partial charge is 0.508 e. The Labute approximate surface area is 225 Å². The minimum atomic E-state index is -4.44. The van der Waals surface area contributed by atoms with Crippen molar-refractivity contribution in [2.75, 3.05) is 26.2 Å². The molecular formula is C29H30NO6PS. The molecule has 7 nitrogen and oxygen atoms in total. The summed E-state index contributed by atoms with van der Waals surface area (Å²) >= 11 is 1.29. The third-order valence-corrected chi connectivity index (χ3v) is 8.97. The number of carbonyl (C=O) groups is 1. The maximum atomic E-state index is 13.8. The Morgan fingerprint density at radius 2 is 1.66 bits per heavy atom. The van der Waals surface area contributed by atoms with Crippen LogP contribution in [-0.4, -0.2) is 51.8 Å². The van der Waals surface area contributed by atoms with E-state index in [1.165, 1.54) is 55.8 Å². The molecule has 9 heteroatoms. The summed E-state index contributed by atoms with van der Waals surface area (Å²) in [7, 11) is -4.44. The molecule has 1 aliphatic rings. The van der Waals surface area contributed by atoms with Crippen LogP contribution < -0.4 is 10.0 Å². The van der Waals surface area contributed by atoms with E-state index in [-0.39, 0.29) is 16.8 Å². The fourth-order valence-electron chi connectivity index (χ4n) is 4.82. The van der Waals surface area contributed by atoms with Crippen molar-refractivity contribution < 1.29 is 29.0 Å². The van der Waals surface area contributed by atoms with E-state index in [2.05, 4.69) is 4.90 Å². The molecule has 0 atom stereocenters. The van der Waals surface area contributed by atoms with E-state index in [1.54, 1.807) is 54.6 Å². The lowest BCUT2D eigenvalue weighted by molar-refractivity contribution is 0.104. The fraction of sp³-hybridized carbons (Fsp3) is 0.276. The first kappa shape index (κ1) is 26.6. The van der Waals surface area contributed by atoms with Gasteiger partial charge in [-0.25, -0.2) is 0 Å². The highest BCUT2D eigenvalue weighted by Gasteiger charge is 2.24. The van der Waals surface area contributed by atoms with Crippen LogP contribution in [0.5, 0.6) is 11.5 Å². The molecule has 198 valence electrons. The molecule has 0 spiro atoms. The molecule has 5 rings (SSSR count). The minimum Gasteiger partial charge on any atom is -0.508 e. The Kier molecular flexibility index (Phi) is 7.98. The number of aromatic hydroxyl groups is 1. The Morgan fingerprint density at radius 3 is 2.34 bits per heavy atom. The zero-order valence-corrected chi connectivity index (χ0v) is 22.6. The summed E-state index contributed by atoms with van der Waals surface area (Å²) in [6.07, 6.45) is 4.82. The second-order valence-electron chi connectivity index (χ2n) is 9.54. The quantitative estimate of drug-likeness (QED) is 0.142.